The van der Waals surface area contributed by atoms with Crippen molar-refractivity contribution in [2.75, 3.05) is 12.8 Å². The monoisotopic (exact) mass is 355 g/mol. The maximum Gasteiger partial charge on any atom is 0.0187 e. The Morgan fingerprint density at radius 2 is 2.10 bits per heavy atom. The number of benzene rings is 1. The number of thioether (sulfide) groups is 1. The Kier molecular flexibility index (Phi) is 6.44. The summed E-state index contributed by atoms with van der Waals surface area (Å²) < 4.78 is 1.17. The highest BCUT2D eigenvalue weighted by Crippen LogP contribution is 2.36. The molecule has 3 heteroatoms. The molecule has 4 atom stereocenters. The van der Waals surface area contributed by atoms with E-state index in [9.17, 15) is 0 Å². The first-order valence-corrected chi connectivity index (χ1v) is 9.43. The molecule has 1 aliphatic carbocycles. The Bertz CT molecular complexity index is 423. The first-order chi connectivity index (χ1) is 9.60. The Hall–Kier alpha value is 0.01000. The summed E-state index contributed by atoms with van der Waals surface area (Å²) >= 11 is 5.52. The van der Waals surface area contributed by atoms with Gasteiger partial charge in [0.05, 0.1) is 0 Å². The number of halogens is 1. The molecule has 4 unspecified atom stereocenters. The van der Waals surface area contributed by atoms with Crippen molar-refractivity contribution in [2.45, 2.75) is 44.0 Å². The maximum atomic E-state index is 3.56. The van der Waals surface area contributed by atoms with Gasteiger partial charge in [-0.05, 0) is 55.8 Å². The van der Waals surface area contributed by atoms with Crippen LogP contribution in [0.1, 0.15) is 33.1 Å². The van der Waals surface area contributed by atoms with E-state index in [1.165, 1.54) is 34.4 Å². The Morgan fingerprint density at radius 1 is 1.30 bits per heavy atom. The molecule has 0 bridgehead atoms. The molecule has 1 fully saturated rings. The van der Waals surface area contributed by atoms with Crippen molar-refractivity contribution >= 4 is 27.7 Å². The van der Waals surface area contributed by atoms with Crippen LogP contribution in [0.25, 0.3) is 0 Å². The minimum Gasteiger partial charge on any atom is -0.316 e. The number of hydrogen-bond acceptors (Lipinski definition) is 2. The van der Waals surface area contributed by atoms with Crippen molar-refractivity contribution < 1.29 is 0 Å². The number of hydrogen-bond donors (Lipinski definition) is 1. The molecule has 0 radical (unpaired) electrons. The van der Waals surface area contributed by atoms with Gasteiger partial charge in [-0.1, -0.05) is 42.3 Å². The second-order valence-corrected chi connectivity index (χ2v) is 8.20. The molecule has 20 heavy (non-hydrogen) atoms. The van der Waals surface area contributed by atoms with E-state index < -0.39 is 0 Å². The van der Waals surface area contributed by atoms with Gasteiger partial charge in [0.15, 0.2) is 0 Å². The molecule has 1 N–H and O–H groups in total. The molecule has 1 aromatic carbocycles. The third kappa shape index (κ3) is 4.51. The van der Waals surface area contributed by atoms with Crippen molar-refractivity contribution in [3.63, 3.8) is 0 Å². The van der Waals surface area contributed by atoms with Gasteiger partial charge in [-0.15, -0.1) is 11.8 Å². The first kappa shape index (κ1) is 16.4. The van der Waals surface area contributed by atoms with Crippen LogP contribution in [0.3, 0.4) is 0 Å². The van der Waals surface area contributed by atoms with Crippen LogP contribution in [0.4, 0.5) is 0 Å². The molecule has 0 spiro atoms. The van der Waals surface area contributed by atoms with E-state index in [1.54, 1.807) is 0 Å². The zero-order chi connectivity index (χ0) is 14.5. The van der Waals surface area contributed by atoms with Gasteiger partial charge < -0.3 is 5.32 Å². The van der Waals surface area contributed by atoms with Gasteiger partial charge in [0, 0.05) is 21.2 Å². The zero-order valence-electron chi connectivity index (χ0n) is 12.7. The van der Waals surface area contributed by atoms with E-state index >= 15 is 0 Å². The molecule has 112 valence electrons. The third-order valence-corrected chi connectivity index (χ3v) is 6.41. The Balaban J connectivity index is 1.89. The van der Waals surface area contributed by atoms with E-state index in [0.29, 0.717) is 6.04 Å². The van der Waals surface area contributed by atoms with Crippen LogP contribution >= 0.6 is 27.7 Å². The lowest BCUT2D eigenvalue weighted by molar-refractivity contribution is 0.181. The van der Waals surface area contributed by atoms with E-state index in [1.807, 2.05) is 11.8 Å². The summed E-state index contributed by atoms with van der Waals surface area (Å²) in [5, 5.41) is 3.56. The van der Waals surface area contributed by atoms with Gasteiger partial charge in [0.25, 0.3) is 0 Å². The number of nitrogens with one attached hydrogen (secondary N) is 1. The lowest BCUT2D eigenvalue weighted by Gasteiger charge is -2.36. The smallest absolute Gasteiger partial charge is 0.0187 e. The molecule has 1 saturated carbocycles. The SMILES string of the molecule is CNC(CSc1cccc(Br)c1)C1CCC(C)C(C)C1. The second-order valence-electron chi connectivity index (χ2n) is 6.19. The summed E-state index contributed by atoms with van der Waals surface area (Å²) in [7, 11) is 2.12. The van der Waals surface area contributed by atoms with Crippen molar-refractivity contribution in [2.24, 2.45) is 17.8 Å². The summed E-state index contributed by atoms with van der Waals surface area (Å²) in [6.45, 7) is 4.83. The Labute approximate surface area is 136 Å². The van der Waals surface area contributed by atoms with Crippen LogP contribution in [0.5, 0.6) is 0 Å². The van der Waals surface area contributed by atoms with Gasteiger partial charge in [-0.25, -0.2) is 0 Å². The van der Waals surface area contributed by atoms with Crippen molar-refractivity contribution in [1.82, 2.24) is 5.32 Å². The molecule has 1 aromatic rings. The van der Waals surface area contributed by atoms with Crippen LogP contribution in [-0.4, -0.2) is 18.8 Å². The summed E-state index contributed by atoms with van der Waals surface area (Å²) in [4.78, 5) is 1.36. The van der Waals surface area contributed by atoms with Crippen LogP contribution in [0, 0.1) is 17.8 Å². The summed E-state index contributed by atoms with van der Waals surface area (Å²) in [5.74, 6) is 3.78. The zero-order valence-corrected chi connectivity index (χ0v) is 15.1. The molecule has 0 aromatic heterocycles. The van der Waals surface area contributed by atoms with Crippen LogP contribution < -0.4 is 5.32 Å². The Morgan fingerprint density at radius 3 is 2.75 bits per heavy atom. The lowest BCUT2D eigenvalue weighted by Crippen LogP contribution is -2.39. The van der Waals surface area contributed by atoms with Gasteiger partial charge in [0.1, 0.15) is 0 Å². The largest absolute Gasteiger partial charge is 0.316 e. The van der Waals surface area contributed by atoms with Crippen molar-refractivity contribution in [3.8, 4) is 0 Å². The van der Waals surface area contributed by atoms with Crippen molar-refractivity contribution in [1.29, 1.82) is 0 Å². The second kappa shape index (κ2) is 7.86. The summed E-state index contributed by atoms with van der Waals surface area (Å²) in [6, 6.07) is 9.25. The first-order valence-electron chi connectivity index (χ1n) is 7.65. The topological polar surface area (TPSA) is 12.0 Å². The quantitative estimate of drug-likeness (QED) is 0.728. The molecule has 1 nitrogen and oxygen atoms in total. The molecular formula is C17H26BrNS. The fourth-order valence-corrected chi connectivity index (χ4v) is 4.90. The van der Waals surface area contributed by atoms with Crippen LogP contribution in [-0.2, 0) is 0 Å². The highest BCUT2D eigenvalue weighted by molar-refractivity contribution is 9.10. The molecular weight excluding hydrogens is 330 g/mol. The molecule has 0 aliphatic heterocycles. The molecule has 1 aliphatic rings. The summed E-state index contributed by atoms with van der Waals surface area (Å²) in [6.07, 6.45) is 4.16. The lowest BCUT2D eigenvalue weighted by atomic mass is 9.73. The average Bonchev–Trinajstić information content (AvgIpc) is 2.43. The van der Waals surface area contributed by atoms with Gasteiger partial charge in [-0.3, -0.25) is 0 Å². The van der Waals surface area contributed by atoms with E-state index in [2.05, 4.69) is 66.4 Å². The number of rotatable bonds is 5. The maximum absolute atomic E-state index is 3.56. The minimum atomic E-state index is 0.633. The highest BCUT2D eigenvalue weighted by Gasteiger charge is 2.29. The van der Waals surface area contributed by atoms with Crippen LogP contribution in [0.2, 0.25) is 0 Å². The molecule has 0 heterocycles. The minimum absolute atomic E-state index is 0.633. The van der Waals surface area contributed by atoms with Crippen molar-refractivity contribution in [3.05, 3.63) is 28.7 Å². The van der Waals surface area contributed by atoms with E-state index in [4.69, 9.17) is 0 Å². The standard InChI is InChI=1S/C17H26BrNS/c1-12-7-8-14(9-13(12)2)17(19-3)11-20-16-6-4-5-15(18)10-16/h4-6,10,12-14,17,19H,7-9,11H2,1-3H3. The normalized spacial score (nSPS) is 28.3. The fourth-order valence-electron chi connectivity index (χ4n) is 3.15. The fraction of sp³-hybridized carbons (Fsp3) is 0.647. The van der Waals surface area contributed by atoms with E-state index in [0.717, 1.165) is 17.8 Å². The third-order valence-electron chi connectivity index (χ3n) is 4.80. The summed E-state index contributed by atoms with van der Waals surface area (Å²) in [5.41, 5.74) is 0. The molecule has 0 saturated heterocycles. The predicted octanol–water partition coefficient (Wildman–Crippen LogP) is 5.20. The van der Waals surface area contributed by atoms with Gasteiger partial charge in [-0.2, -0.15) is 0 Å². The van der Waals surface area contributed by atoms with Gasteiger partial charge in [0.2, 0.25) is 0 Å². The average molecular weight is 356 g/mol. The molecule has 0 amide bonds. The predicted molar refractivity (Wildman–Crippen MR) is 93.4 cm³/mol. The van der Waals surface area contributed by atoms with Crippen LogP contribution in [0.15, 0.2) is 33.6 Å². The highest BCUT2D eigenvalue weighted by atomic mass is 79.9. The van der Waals surface area contributed by atoms with Gasteiger partial charge >= 0.3 is 0 Å². The molecule has 2 rings (SSSR count). The van der Waals surface area contributed by atoms with E-state index in [-0.39, 0.29) is 0 Å².